The molecule has 0 saturated carbocycles. The Kier molecular flexibility index (Phi) is 6.25. The van der Waals surface area contributed by atoms with Gasteiger partial charge in [-0.1, -0.05) is 17.7 Å². The van der Waals surface area contributed by atoms with Gasteiger partial charge in [-0.25, -0.2) is 4.99 Å². The molecular formula is C23H25ClIN3O2. The number of piperidine rings is 1. The van der Waals surface area contributed by atoms with Crippen LogP contribution in [0.1, 0.15) is 55.4 Å². The summed E-state index contributed by atoms with van der Waals surface area (Å²) in [6, 6.07) is 7.79. The van der Waals surface area contributed by atoms with Gasteiger partial charge in [-0.2, -0.15) is 0 Å². The Bertz CT molecular complexity index is 1030. The van der Waals surface area contributed by atoms with Gasteiger partial charge in [-0.15, -0.1) is 0 Å². The highest BCUT2D eigenvalue weighted by atomic mass is 127. The standard InChI is InChI=1S/C23H25ClIN3O2/c1-13-11-15(24)6-7-16(13)20-9-8-17-19(28-10-4-3-5-21(28)29)12-18(26)22(23(17)30-20)27-14(2)25/h6-7,11-12,20H,3-5,8-10,26H2,1-2H3/t20-/m0/s1. The van der Waals surface area contributed by atoms with Gasteiger partial charge < -0.3 is 15.4 Å². The van der Waals surface area contributed by atoms with Crippen LogP contribution in [0.5, 0.6) is 5.75 Å². The van der Waals surface area contributed by atoms with Crippen molar-refractivity contribution in [2.24, 2.45) is 4.99 Å². The Morgan fingerprint density at radius 3 is 2.80 bits per heavy atom. The number of benzene rings is 2. The molecule has 0 bridgehead atoms. The minimum Gasteiger partial charge on any atom is -0.483 e. The van der Waals surface area contributed by atoms with Crippen LogP contribution in [-0.2, 0) is 11.2 Å². The molecule has 158 valence electrons. The second kappa shape index (κ2) is 8.75. The summed E-state index contributed by atoms with van der Waals surface area (Å²) in [6.45, 7) is 4.70. The molecule has 2 aromatic carbocycles. The molecular weight excluding hydrogens is 513 g/mol. The molecule has 2 heterocycles. The summed E-state index contributed by atoms with van der Waals surface area (Å²) in [5.41, 5.74) is 11.7. The third kappa shape index (κ3) is 4.17. The summed E-state index contributed by atoms with van der Waals surface area (Å²) in [4.78, 5) is 19.2. The number of hydrogen-bond acceptors (Lipinski definition) is 4. The number of hydrogen-bond donors (Lipinski definition) is 1. The Hall–Kier alpha value is -1.80. The van der Waals surface area contributed by atoms with Crippen LogP contribution in [0.15, 0.2) is 29.3 Å². The largest absolute Gasteiger partial charge is 0.483 e. The summed E-state index contributed by atoms with van der Waals surface area (Å²) < 4.78 is 7.42. The van der Waals surface area contributed by atoms with Crippen LogP contribution in [-0.4, -0.2) is 16.2 Å². The number of anilines is 2. The lowest BCUT2D eigenvalue weighted by molar-refractivity contribution is -0.119. The monoisotopic (exact) mass is 537 g/mol. The maximum atomic E-state index is 12.6. The fourth-order valence-corrected chi connectivity index (χ4v) is 4.80. The van der Waals surface area contributed by atoms with Crippen molar-refractivity contribution in [1.82, 2.24) is 0 Å². The molecule has 0 aliphatic carbocycles. The molecule has 1 amide bonds. The maximum absolute atomic E-state index is 12.6. The van der Waals surface area contributed by atoms with E-state index >= 15 is 0 Å². The first-order chi connectivity index (χ1) is 14.3. The summed E-state index contributed by atoms with van der Waals surface area (Å²) in [5.74, 6) is 0.852. The lowest BCUT2D eigenvalue weighted by Crippen LogP contribution is -2.36. The number of aliphatic imine (C=N–C) groups is 1. The maximum Gasteiger partial charge on any atom is 0.226 e. The van der Waals surface area contributed by atoms with Crippen LogP contribution in [0.3, 0.4) is 0 Å². The molecule has 0 aromatic heterocycles. The summed E-state index contributed by atoms with van der Waals surface area (Å²) >= 11 is 8.33. The Balaban J connectivity index is 1.82. The number of ether oxygens (including phenoxy) is 1. The highest BCUT2D eigenvalue weighted by Crippen LogP contribution is 2.49. The van der Waals surface area contributed by atoms with Crippen molar-refractivity contribution in [2.75, 3.05) is 17.2 Å². The molecule has 2 aliphatic heterocycles. The van der Waals surface area contributed by atoms with E-state index in [1.54, 1.807) is 0 Å². The third-order valence-electron chi connectivity index (χ3n) is 5.74. The quantitative estimate of drug-likeness (QED) is 0.284. The van der Waals surface area contributed by atoms with Crippen molar-refractivity contribution in [2.45, 2.75) is 52.1 Å². The van der Waals surface area contributed by atoms with E-state index in [0.29, 0.717) is 28.6 Å². The molecule has 7 heteroatoms. The number of rotatable bonds is 3. The number of nitrogens with zero attached hydrogens (tertiary/aromatic N) is 2. The van der Waals surface area contributed by atoms with E-state index in [1.807, 2.05) is 43.0 Å². The number of carbonyl (C=O) groups excluding carboxylic acids is 1. The van der Waals surface area contributed by atoms with E-state index in [-0.39, 0.29) is 12.0 Å². The zero-order chi connectivity index (χ0) is 21.4. The molecule has 2 aliphatic rings. The first kappa shape index (κ1) is 21.4. The molecule has 4 rings (SSSR count). The van der Waals surface area contributed by atoms with Gasteiger partial charge in [-0.05, 0) is 91.4 Å². The minimum atomic E-state index is -0.107. The fourth-order valence-electron chi connectivity index (χ4n) is 4.33. The zero-order valence-corrected chi connectivity index (χ0v) is 20.1. The van der Waals surface area contributed by atoms with E-state index in [9.17, 15) is 4.79 Å². The first-order valence-corrected chi connectivity index (χ1v) is 11.7. The normalized spacial score (nSPS) is 19.5. The van der Waals surface area contributed by atoms with Crippen molar-refractivity contribution >= 4 is 60.9 Å². The van der Waals surface area contributed by atoms with Gasteiger partial charge in [0.2, 0.25) is 5.91 Å². The van der Waals surface area contributed by atoms with Gasteiger partial charge in [0.05, 0.1) is 15.1 Å². The van der Waals surface area contributed by atoms with E-state index < -0.39 is 0 Å². The number of fused-ring (bicyclic) bond motifs is 1. The molecule has 30 heavy (non-hydrogen) atoms. The molecule has 2 N–H and O–H groups in total. The van der Waals surface area contributed by atoms with Gasteiger partial charge in [0, 0.05) is 23.6 Å². The number of nitrogen functional groups attached to an aromatic ring is 1. The molecule has 0 radical (unpaired) electrons. The average molecular weight is 538 g/mol. The molecule has 2 aromatic rings. The molecule has 0 spiro atoms. The Morgan fingerprint density at radius 2 is 2.10 bits per heavy atom. The van der Waals surface area contributed by atoms with Crippen molar-refractivity contribution in [3.8, 4) is 5.75 Å². The van der Waals surface area contributed by atoms with E-state index in [1.165, 1.54) is 0 Å². The number of amides is 1. The number of nitrogens with two attached hydrogens (primary N) is 1. The third-order valence-corrected chi connectivity index (χ3v) is 6.22. The van der Waals surface area contributed by atoms with Crippen molar-refractivity contribution in [3.63, 3.8) is 0 Å². The van der Waals surface area contributed by atoms with Crippen LogP contribution in [0.2, 0.25) is 5.02 Å². The van der Waals surface area contributed by atoms with Crippen molar-refractivity contribution < 1.29 is 9.53 Å². The first-order valence-electron chi connectivity index (χ1n) is 10.2. The van der Waals surface area contributed by atoms with Gasteiger partial charge >= 0.3 is 0 Å². The summed E-state index contributed by atoms with van der Waals surface area (Å²) in [5, 5.41) is 0.716. The van der Waals surface area contributed by atoms with E-state index in [4.69, 9.17) is 22.1 Å². The van der Waals surface area contributed by atoms with Crippen molar-refractivity contribution in [3.05, 3.63) is 46.0 Å². The molecule has 5 nitrogen and oxygen atoms in total. The highest BCUT2D eigenvalue weighted by molar-refractivity contribution is 14.1. The van der Waals surface area contributed by atoms with Gasteiger partial charge in [0.1, 0.15) is 11.8 Å². The van der Waals surface area contributed by atoms with Crippen LogP contribution >= 0.6 is 34.2 Å². The van der Waals surface area contributed by atoms with E-state index in [2.05, 4.69) is 27.6 Å². The SMILES string of the molecule is CC(I)=Nc1c(N)cc(N2CCCCC2=O)c2c1O[C@H](c1ccc(Cl)cc1C)CC2. The molecule has 1 saturated heterocycles. The zero-order valence-electron chi connectivity index (χ0n) is 17.2. The predicted octanol–water partition coefficient (Wildman–Crippen LogP) is 6.30. The second-order valence-corrected chi connectivity index (χ2v) is 9.90. The van der Waals surface area contributed by atoms with Crippen LogP contribution < -0.4 is 15.4 Å². The Labute approximate surface area is 195 Å². The minimum absolute atomic E-state index is 0.107. The number of carbonyl (C=O) groups is 1. The van der Waals surface area contributed by atoms with Crippen LogP contribution in [0.4, 0.5) is 17.1 Å². The lowest BCUT2D eigenvalue weighted by atomic mass is 9.92. The summed E-state index contributed by atoms with van der Waals surface area (Å²) in [7, 11) is 0. The van der Waals surface area contributed by atoms with Gasteiger partial charge in [0.25, 0.3) is 0 Å². The van der Waals surface area contributed by atoms with Crippen LogP contribution in [0.25, 0.3) is 0 Å². The lowest BCUT2D eigenvalue weighted by Gasteiger charge is -2.34. The number of halogens is 2. The predicted molar refractivity (Wildman–Crippen MR) is 132 cm³/mol. The summed E-state index contributed by atoms with van der Waals surface area (Å²) in [6.07, 6.45) is 4.03. The van der Waals surface area contributed by atoms with Crippen molar-refractivity contribution in [1.29, 1.82) is 0 Å². The average Bonchev–Trinajstić information content (AvgIpc) is 2.70. The van der Waals surface area contributed by atoms with E-state index in [0.717, 1.165) is 58.3 Å². The fraction of sp³-hybridized carbons (Fsp3) is 0.391. The number of aryl methyl sites for hydroxylation is 1. The van der Waals surface area contributed by atoms with Gasteiger partial charge in [-0.3, -0.25) is 4.79 Å². The van der Waals surface area contributed by atoms with Gasteiger partial charge in [0.15, 0.2) is 5.75 Å². The second-order valence-electron chi connectivity index (χ2n) is 7.90. The Morgan fingerprint density at radius 1 is 1.30 bits per heavy atom. The van der Waals surface area contributed by atoms with Crippen LogP contribution in [0, 0.1) is 6.92 Å². The molecule has 1 atom stereocenters. The smallest absolute Gasteiger partial charge is 0.226 e. The molecule has 0 unspecified atom stereocenters. The topological polar surface area (TPSA) is 67.9 Å². The highest BCUT2D eigenvalue weighted by Gasteiger charge is 2.32. The molecule has 1 fully saturated rings.